The molecule has 1 aromatic heterocycles. The lowest BCUT2D eigenvalue weighted by atomic mass is 10.0. The van der Waals surface area contributed by atoms with Gasteiger partial charge in [0.1, 0.15) is 17.2 Å². The van der Waals surface area contributed by atoms with Gasteiger partial charge in [0.25, 0.3) is 0 Å². The Kier molecular flexibility index (Phi) is 9.19. The van der Waals surface area contributed by atoms with Gasteiger partial charge in [-0.15, -0.1) is 10.2 Å². The minimum Gasteiger partial charge on any atom is -0.507 e. The molecule has 10 nitrogen and oxygen atoms in total. The largest absolute Gasteiger partial charge is 0.507 e. The first-order chi connectivity index (χ1) is 19.6. The van der Waals surface area contributed by atoms with Crippen LogP contribution in [-0.4, -0.2) is 99.0 Å². The maximum absolute atomic E-state index is 13.1. The summed E-state index contributed by atoms with van der Waals surface area (Å²) in [5.74, 6) is 0.00626. The number of hydrogen-bond donors (Lipinski definition) is 2. The fourth-order valence-electron chi connectivity index (χ4n) is 5.32. The summed E-state index contributed by atoms with van der Waals surface area (Å²) in [5.41, 5.74) is -0.411. The lowest BCUT2D eigenvalue weighted by Gasteiger charge is -2.41. The van der Waals surface area contributed by atoms with Crippen molar-refractivity contribution in [2.45, 2.75) is 71.3 Å². The number of aromatic nitrogens is 2. The van der Waals surface area contributed by atoms with Crippen LogP contribution in [0.4, 0.5) is 23.8 Å². The average molecular weight is 593 g/mol. The van der Waals surface area contributed by atoms with Gasteiger partial charge in [-0.25, -0.2) is 4.79 Å². The Morgan fingerprint density at radius 3 is 2.45 bits per heavy atom. The molecule has 2 amide bonds. The first-order valence-electron chi connectivity index (χ1n) is 14.1. The van der Waals surface area contributed by atoms with Crippen molar-refractivity contribution in [3.8, 4) is 17.0 Å². The van der Waals surface area contributed by atoms with Gasteiger partial charge in [0.2, 0.25) is 5.91 Å². The number of alkyl halides is 3. The summed E-state index contributed by atoms with van der Waals surface area (Å²) in [5, 5.41) is 21.9. The van der Waals surface area contributed by atoms with E-state index in [9.17, 15) is 27.9 Å². The van der Waals surface area contributed by atoms with E-state index in [4.69, 9.17) is 4.74 Å². The van der Waals surface area contributed by atoms with Crippen molar-refractivity contribution in [2.75, 3.05) is 44.6 Å². The summed E-state index contributed by atoms with van der Waals surface area (Å²) < 4.78 is 44.4. The zero-order valence-electron chi connectivity index (χ0n) is 24.7. The maximum atomic E-state index is 13.1. The van der Waals surface area contributed by atoms with Crippen LogP contribution in [0.1, 0.15) is 51.7 Å². The van der Waals surface area contributed by atoms with Crippen molar-refractivity contribution in [1.29, 1.82) is 0 Å². The van der Waals surface area contributed by atoms with E-state index in [1.54, 1.807) is 22.8 Å². The van der Waals surface area contributed by atoms with E-state index < -0.39 is 23.1 Å². The molecule has 3 heterocycles. The number of rotatable bonds is 5. The van der Waals surface area contributed by atoms with Crippen molar-refractivity contribution in [2.24, 2.45) is 0 Å². The number of aromatic hydroxyl groups is 1. The third kappa shape index (κ3) is 7.81. The van der Waals surface area contributed by atoms with Gasteiger partial charge in [-0.05, 0) is 83.8 Å². The highest BCUT2D eigenvalue weighted by molar-refractivity contribution is 5.79. The van der Waals surface area contributed by atoms with Gasteiger partial charge in [-0.2, -0.15) is 13.2 Å². The fourth-order valence-corrected chi connectivity index (χ4v) is 5.32. The molecule has 42 heavy (non-hydrogen) atoms. The van der Waals surface area contributed by atoms with E-state index in [2.05, 4.69) is 20.4 Å². The molecule has 0 spiro atoms. The first-order valence-corrected chi connectivity index (χ1v) is 14.1. The third-order valence-electron chi connectivity index (χ3n) is 7.39. The molecule has 2 aromatic rings. The van der Waals surface area contributed by atoms with Crippen molar-refractivity contribution >= 4 is 17.8 Å². The van der Waals surface area contributed by atoms with Crippen LogP contribution in [0.3, 0.4) is 0 Å². The Morgan fingerprint density at radius 2 is 1.83 bits per heavy atom. The molecule has 2 atom stereocenters. The fraction of sp³-hybridized carbons (Fsp3) is 0.586. The molecule has 1 aromatic carbocycles. The highest BCUT2D eigenvalue weighted by atomic mass is 19.4. The number of ether oxygens (including phenoxy) is 1. The molecule has 2 aliphatic rings. The van der Waals surface area contributed by atoms with Crippen LogP contribution in [0.25, 0.3) is 11.3 Å². The number of aryl methyl sites for hydroxylation is 1. The summed E-state index contributed by atoms with van der Waals surface area (Å²) in [6, 6.07) is 4.39. The van der Waals surface area contributed by atoms with Gasteiger partial charge in [0.05, 0.1) is 17.8 Å². The van der Waals surface area contributed by atoms with Crippen LogP contribution in [-0.2, 0) is 15.7 Å². The number of phenols is 1. The highest BCUT2D eigenvalue weighted by Crippen LogP contribution is 2.37. The Bertz CT molecular complexity index is 1300. The summed E-state index contributed by atoms with van der Waals surface area (Å²) in [6.45, 7) is 12.2. The highest BCUT2D eigenvalue weighted by Gasteiger charge is 2.34. The summed E-state index contributed by atoms with van der Waals surface area (Å²) in [6.07, 6.45) is -3.16. The van der Waals surface area contributed by atoms with Crippen LogP contribution in [0.5, 0.6) is 5.75 Å². The Morgan fingerprint density at radius 1 is 1.10 bits per heavy atom. The number of hydrogen-bond acceptors (Lipinski definition) is 8. The predicted molar refractivity (Wildman–Crippen MR) is 151 cm³/mol. The number of nitrogens with zero attached hydrogens (tertiary/aromatic N) is 5. The van der Waals surface area contributed by atoms with Gasteiger partial charge < -0.3 is 25.0 Å². The molecule has 230 valence electrons. The van der Waals surface area contributed by atoms with E-state index >= 15 is 0 Å². The lowest BCUT2D eigenvalue weighted by molar-refractivity contribution is -0.137. The van der Waals surface area contributed by atoms with E-state index in [1.807, 2.05) is 27.7 Å². The second-order valence-corrected chi connectivity index (χ2v) is 12.1. The van der Waals surface area contributed by atoms with Gasteiger partial charge >= 0.3 is 12.3 Å². The standard InChI is InChI=1S/C29H39F3N6O4/c1-18-13-24(34-35-26(18)22-9-8-20(14-23(22)39)29(30,31)32)33-21-7-6-10-36(16-21)17-25(40)37-11-12-38(19(2)15-37)27(41)42-28(3,4)5/h8-9,13-14,19,21,39H,6-7,10-12,15-17H2,1-5H3,(H,33,34)/t19-,21+/m0/s1. The number of amides is 2. The molecule has 2 N–H and O–H groups in total. The zero-order chi connectivity index (χ0) is 30.8. The number of nitrogens with one attached hydrogen (secondary N) is 1. The molecule has 2 saturated heterocycles. The van der Waals surface area contributed by atoms with E-state index in [-0.39, 0.29) is 36.2 Å². The molecular formula is C29H39F3N6O4. The van der Waals surface area contributed by atoms with E-state index in [1.165, 1.54) is 6.07 Å². The Balaban J connectivity index is 1.32. The van der Waals surface area contributed by atoms with Crippen molar-refractivity contribution in [3.63, 3.8) is 0 Å². The summed E-state index contributed by atoms with van der Waals surface area (Å²) >= 11 is 0. The number of anilines is 1. The molecule has 2 aliphatic heterocycles. The van der Waals surface area contributed by atoms with Gasteiger partial charge in [-0.3, -0.25) is 9.69 Å². The normalized spacial score (nSPS) is 20.4. The van der Waals surface area contributed by atoms with E-state index in [0.717, 1.165) is 25.5 Å². The zero-order valence-corrected chi connectivity index (χ0v) is 24.7. The van der Waals surface area contributed by atoms with Crippen LogP contribution >= 0.6 is 0 Å². The Hall–Kier alpha value is -3.61. The molecule has 0 saturated carbocycles. The molecule has 4 rings (SSSR count). The summed E-state index contributed by atoms with van der Waals surface area (Å²) in [4.78, 5) is 31.2. The monoisotopic (exact) mass is 592 g/mol. The maximum Gasteiger partial charge on any atom is 0.416 e. The summed E-state index contributed by atoms with van der Waals surface area (Å²) in [7, 11) is 0. The lowest BCUT2D eigenvalue weighted by Crippen LogP contribution is -2.58. The minimum atomic E-state index is -4.56. The van der Waals surface area contributed by atoms with Crippen molar-refractivity contribution < 1.29 is 32.6 Å². The number of carbonyl (C=O) groups is 2. The van der Waals surface area contributed by atoms with Gasteiger partial charge in [0.15, 0.2) is 0 Å². The number of halogens is 3. The molecule has 0 aliphatic carbocycles. The SMILES string of the molecule is Cc1cc(N[C@@H]2CCCN(CC(=O)N3CCN(C(=O)OC(C)(C)C)[C@@H](C)C3)C2)nnc1-c1ccc(C(F)(F)F)cc1O. The average Bonchev–Trinajstić information content (AvgIpc) is 2.87. The number of piperazine rings is 1. The molecule has 13 heteroatoms. The van der Waals surface area contributed by atoms with E-state index in [0.29, 0.717) is 49.3 Å². The number of piperidine rings is 1. The topological polar surface area (TPSA) is 111 Å². The smallest absolute Gasteiger partial charge is 0.416 e. The number of benzene rings is 1. The third-order valence-corrected chi connectivity index (χ3v) is 7.39. The number of phenolic OH excluding ortho intramolecular Hbond substituents is 1. The quantitative estimate of drug-likeness (QED) is 0.522. The van der Waals surface area contributed by atoms with Gasteiger partial charge in [-0.1, -0.05) is 0 Å². The second-order valence-electron chi connectivity index (χ2n) is 12.1. The van der Waals surface area contributed by atoms with Crippen molar-refractivity contribution in [3.05, 3.63) is 35.4 Å². The minimum absolute atomic E-state index is 0.0164. The number of likely N-dealkylation sites (tertiary alicyclic amines) is 1. The van der Waals surface area contributed by atoms with Crippen LogP contribution in [0.15, 0.2) is 24.3 Å². The van der Waals surface area contributed by atoms with Crippen LogP contribution in [0, 0.1) is 6.92 Å². The second kappa shape index (κ2) is 12.3. The first kappa shape index (κ1) is 31.3. The molecule has 0 unspecified atom stereocenters. The molecule has 0 bridgehead atoms. The van der Waals surface area contributed by atoms with Crippen LogP contribution in [0.2, 0.25) is 0 Å². The van der Waals surface area contributed by atoms with Crippen LogP contribution < -0.4 is 5.32 Å². The number of carbonyl (C=O) groups excluding carboxylic acids is 2. The molecule has 0 radical (unpaired) electrons. The van der Waals surface area contributed by atoms with Gasteiger partial charge in [0, 0.05) is 43.8 Å². The molecular weight excluding hydrogens is 553 g/mol. The van der Waals surface area contributed by atoms with Crippen molar-refractivity contribution in [1.82, 2.24) is 24.9 Å². The predicted octanol–water partition coefficient (Wildman–Crippen LogP) is 4.52. The Labute approximate surface area is 243 Å². The molecule has 2 fully saturated rings.